The SMILES string of the molecule is COc1ccc(C)cc1C(C)NC1CCCSC1. The van der Waals surface area contributed by atoms with Crippen LogP contribution in [-0.4, -0.2) is 24.7 Å². The van der Waals surface area contributed by atoms with Crippen molar-refractivity contribution in [1.29, 1.82) is 0 Å². The Morgan fingerprint density at radius 2 is 2.28 bits per heavy atom. The van der Waals surface area contributed by atoms with Crippen molar-refractivity contribution in [3.8, 4) is 5.75 Å². The first-order valence-electron chi connectivity index (χ1n) is 6.69. The van der Waals surface area contributed by atoms with E-state index in [1.165, 1.54) is 35.5 Å². The van der Waals surface area contributed by atoms with Crippen LogP contribution < -0.4 is 10.1 Å². The lowest BCUT2D eigenvalue weighted by Gasteiger charge is -2.27. The molecule has 0 amide bonds. The Balaban J connectivity index is 2.07. The first-order valence-corrected chi connectivity index (χ1v) is 7.84. The first-order chi connectivity index (χ1) is 8.70. The van der Waals surface area contributed by atoms with E-state index in [1.54, 1.807) is 7.11 Å². The lowest BCUT2D eigenvalue weighted by atomic mass is 10.0. The predicted molar refractivity (Wildman–Crippen MR) is 79.6 cm³/mol. The average molecular weight is 265 g/mol. The van der Waals surface area contributed by atoms with Gasteiger partial charge in [0.05, 0.1) is 7.11 Å². The summed E-state index contributed by atoms with van der Waals surface area (Å²) in [7, 11) is 1.75. The Labute approximate surface area is 114 Å². The quantitative estimate of drug-likeness (QED) is 0.899. The Hall–Kier alpha value is -0.670. The third-order valence-corrected chi connectivity index (χ3v) is 4.71. The van der Waals surface area contributed by atoms with E-state index < -0.39 is 0 Å². The van der Waals surface area contributed by atoms with Gasteiger partial charge in [-0.15, -0.1) is 0 Å². The molecule has 0 radical (unpaired) electrons. The second-order valence-electron chi connectivity index (χ2n) is 5.05. The highest BCUT2D eigenvalue weighted by Crippen LogP contribution is 2.28. The Morgan fingerprint density at radius 1 is 1.44 bits per heavy atom. The van der Waals surface area contributed by atoms with Gasteiger partial charge in [-0.2, -0.15) is 11.8 Å². The van der Waals surface area contributed by atoms with E-state index in [2.05, 4.69) is 49.1 Å². The van der Waals surface area contributed by atoms with Crippen molar-refractivity contribution >= 4 is 11.8 Å². The van der Waals surface area contributed by atoms with Gasteiger partial charge in [0.15, 0.2) is 0 Å². The van der Waals surface area contributed by atoms with Crippen LogP contribution >= 0.6 is 11.8 Å². The Morgan fingerprint density at radius 3 is 2.94 bits per heavy atom. The van der Waals surface area contributed by atoms with Crippen molar-refractivity contribution < 1.29 is 4.74 Å². The van der Waals surface area contributed by atoms with Crippen LogP contribution in [0.15, 0.2) is 18.2 Å². The Bertz CT molecular complexity index is 388. The second kappa shape index (κ2) is 6.48. The fraction of sp³-hybridized carbons (Fsp3) is 0.600. The molecule has 1 heterocycles. The number of hydrogen-bond acceptors (Lipinski definition) is 3. The molecular weight excluding hydrogens is 242 g/mol. The molecular formula is C15H23NOS. The molecule has 100 valence electrons. The number of hydrogen-bond donors (Lipinski definition) is 1. The van der Waals surface area contributed by atoms with Crippen molar-refractivity contribution in [3.63, 3.8) is 0 Å². The summed E-state index contributed by atoms with van der Waals surface area (Å²) in [5, 5.41) is 3.74. The molecule has 2 rings (SSSR count). The third-order valence-electron chi connectivity index (χ3n) is 3.50. The van der Waals surface area contributed by atoms with Gasteiger partial charge in [0, 0.05) is 23.4 Å². The van der Waals surface area contributed by atoms with Crippen molar-refractivity contribution in [2.24, 2.45) is 0 Å². The summed E-state index contributed by atoms with van der Waals surface area (Å²) in [5.74, 6) is 3.54. The molecule has 1 fully saturated rings. The molecule has 1 N–H and O–H groups in total. The fourth-order valence-electron chi connectivity index (χ4n) is 2.51. The molecule has 0 spiro atoms. The van der Waals surface area contributed by atoms with Gasteiger partial charge in [-0.25, -0.2) is 0 Å². The molecule has 2 atom stereocenters. The maximum atomic E-state index is 5.47. The van der Waals surface area contributed by atoms with Gasteiger partial charge in [0.2, 0.25) is 0 Å². The number of thioether (sulfide) groups is 1. The first kappa shape index (κ1) is 13.8. The summed E-state index contributed by atoms with van der Waals surface area (Å²) in [5.41, 5.74) is 2.56. The van der Waals surface area contributed by atoms with Crippen molar-refractivity contribution in [2.45, 2.75) is 38.8 Å². The summed E-state index contributed by atoms with van der Waals surface area (Å²) in [6, 6.07) is 7.39. The van der Waals surface area contributed by atoms with Crippen molar-refractivity contribution in [1.82, 2.24) is 5.32 Å². The maximum Gasteiger partial charge on any atom is 0.123 e. The molecule has 0 aliphatic carbocycles. The molecule has 1 aromatic carbocycles. The fourth-order valence-corrected chi connectivity index (χ4v) is 3.59. The van der Waals surface area contributed by atoms with Crippen LogP contribution in [0.3, 0.4) is 0 Å². The van der Waals surface area contributed by atoms with Crippen LogP contribution in [0.5, 0.6) is 5.75 Å². The van der Waals surface area contributed by atoms with Crippen LogP contribution in [0.1, 0.15) is 36.9 Å². The van der Waals surface area contributed by atoms with Crippen LogP contribution in [0.2, 0.25) is 0 Å². The van der Waals surface area contributed by atoms with E-state index in [1.807, 2.05) is 0 Å². The molecule has 3 heteroatoms. The topological polar surface area (TPSA) is 21.3 Å². The van der Waals surface area contributed by atoms with Gasteiger partial charge >= 0.3 is 0 Å². The van der Waals surface area contributed by atoms with Crippen molar-refractivity contribution in [3.05, 3.63) is 29.3 Å². The minimum atomic E-state index is 0.351. The zero-order valence-corrected chi connectivity index (χ0v) is 12.3. The molecule has 2 unspecified atom stereocenters. The van der Waals surface area contributed by atoms with E-state index in [9.17, 15) is 0 Å². The van der Waals surface area contributed by atoms with E-state index in [0.717, 1.165) is 5.75 Å². The van der Waals surface area contributed by atoms with Gasteiger partial charge in [0.1, 0.15) is 5.75 Å². The lowest BCUT2D eigenvalue weighted by Crippen LogP contribution is -2.35. The molecule has 18 heavy (non-hydrogen) atoms. The van der Waals surface area contributed by atoms with Crippen LogP contribution in [0.25, 0.3) is 0 Å². The molecule has 0 aromatic heterocycles. The number of rotatable bonds is 4. The number of benzene rings is 1. The Kier molecular flexibility index (Phi) is 4.95. The van der Waals surface area contributed by atoms with E-state index >= 15 is 0 Å². The smallest absolute Gasteiger partial charge is 0.123 e. The average Bonchev–Trinajstić information content (AvgIpc) is 2.40. The monoisotopic (exact) mass is 265 g/mol. The predicted octanol–water partition coefficient (Wildman–Crippen LogP) is 3.55. The van der Waals surface area contributed by atoms with Crippen LogP contribution in [-0.2, 0) is 0 Å². The summed E-state index contributed by atoms with van der Waals surface area (Å²) in [6.45, 7) is 4.36. The van der Waals surface area contributed by atoms with Gasteiger partial charge in [-0.3, -0.25) is 0 Å². The summed E-state index contributed by atoms with van der Waals surface area (Å²) in [6.07, 6.45) is 2.63. The minimum absolute atomic E-state index is 0.351. The maximum absolute atomic E-state index is 5.47. The summed E-state index contributed by atoms with van der Waals surface area (Å²) in [4.78, 5) is 0. The number of methoxy groups -OCH3 is 1. The van der Waals surface area contributed by atoms with Crippen LogP contribution in [0.4, 0.5) is 0 Å². The molecule has 0 saturated carbocycles. The van der Waals surface area contributed by atoms with Gasteiger partial charge in [-0.1, -0.05) is 17.7 Å². The van der Waals surface area contributed by atoms with Gasteiger partial charge in [-0.05, 0) is 38.5 Å². The molecule has 1 saturated heterocycles. The number of aryl methyl sites for hydroxylation is 1. The van der Waals surface area contributed by atoms with E-state index in [4.69, 9.17) is 4.74 Å². The van der Waals surface area contributed by atoms with E-state index in [-0.39, 0.29) is 0 Å². The highest BCUT2D eigenvalue weighted by atomic mass is 32.2. The molecule has 2 nitrogen and oxygen atoms in total. The molecule has 1 aromatic rings. The largest absolute Gasteiger partial charge is 0.496 e. The standard InChI is InChI=1S/C15H23NOS/c1-11-6-7-15(17-3)14(9-11)12(2)16-13-5-4-8-18-10-13/h6-7,9,12-13,16H,4-5,8,10H2,1-3H3. The van der Waals surface area contributed by atoms with Crippen LogP contribution in [0, 0.1) is 6.92 Å². The zero-order valence-electron chi connectivity index (χ0n) is 11.5. The number of nitrogens with one attached hydrogen (secondary N) is 1. The van der Waals surface area contributed by atoms with Gasteiger partial charge in [0.25, 0.3) is 0 Å². The second-order valence-corrected chi connectivity index (χ2v) is 6.20. The third kappa shape index (κ3) is 3.42. The highest BCUT2D eigenvalue weighted by molar-refractivity contribution is 7.99. The summed E-state index contributed by atoms with van der Waals surface area (Å²) >= 11 is 2.06. The van der Waals surface area contributed by atoms with Gasteiger partial charge < -0.3 is 10.1 Å². The molecule has 0 bridgehead atoms. The minimum Gasteiger partial charge on any atom is -0.496 e. The zero-order chi connectivity index (χ0) is 13.0. The highest BCUT2D eigenvalue weighted by Gasteiger charge is 2.18. The lowest BCUT2D eigenvalue weighted by molar-refractivity contribution is 0.392. The van der Waals surface area contributed by atoms with Crippen molar-refractivity contribution in [2.75, 3.05) is 18.6 Å². The normalized spacial score (nSPS) is 21.6. The van der Waals surface area contributed by atoms with E-state index in [0.29, 0.717) is 12.1 Å². The summed E-state index contributed by atoms with van der Waals surface area (Å²) < 4.78 is 5.47. The molecule has 1 aliphatic heterocycles. The molecule has 1 aliphatic rings. The number of ether oxygens (including phenoxy) is 1.